The monoisotopic (exact) mass is 266 g/mol. The third-order valence-corrected chi connectivity index (χ3v) is 4.01. The molecule has 2 aromatic rings. The van der Waals surface area contributed by atoms with E-state index < -0.39 is 10.0 Å². The number of hydrogen-bond acceptors (Lipinski definition) is 4. The standard InChI is InChI=1S/C11H14N4O2S/c1-8-11(7-13-15-8)18(16,17)14-6-9-3-2-4-10(12)5-9/h2-5,7,14H,6,12H2,1H3,(H,13,15). The van der Waals surface area contributed by atoms with E-state index in [4.69, 9.17) is 5.73 Å². The number of aromatic amines is 1. The molecule has 2 rings (SSSR count). The van der Waals surface area contributed by atoms with Gasteiger partial charge in [0.25, 0.3) is 0 Å². The van der Waals surface area contributed by atoms with Crippen LogP contribution in [0.5, 0.6) is 0 Å². The number of aryl methyl sites for hydroxylation is 1. The normalized spacial score (nSPS) is 11.6. The molecule has 0 saturated heterocycles. The van der Waals surface area contributed by atoms with E-state index in [1.807, 2.05) is 0 Å². The third kappa shape index (κ3) is 2.69. The summed E-state index contributed by atoms with van der Waals surface area (Å²) in [6.07, 6.45) is 1.29. The predicted molar refractivity (Wildman–Crippen MR) is 68.2 cm³/mol. The Bertz CT molecular complexity index is 649. The molecule has 0 aliphatic carbocycles. The van der Waals surface area contributed by atoms with Crippen LogP contribution >= 0.6 is 0 Å². The van der Waals surface area contributed by atoms with Gasteiger partial charge in [-0.1, -0.05) is 12.1 Å². The summed E-state index contributed by atoms with van der Waals surface area (Å²) in [5, 5.41) is 6.29. The molecule has 0 bridgehead atoms. The van der Waals surface area contributed by atoms with Crippen molar-refractivity contribution in [2.24, 2.45) is 0 Å². The molecule has 96 valence electrons. The maximum absolute atomic E-state index is 12.0. The maximum Gasteiger partial charge on any atom is 0.244 e. The van der Waals surface area contributed by atoms with Crippen LogP contribution in [0.25, 0.3) is 0 Å². The van der Waals surface area contributed by atoms with E-state index >= 15 is 0 Å². The molecule has 1 aromatic heterocycles. The van der Waals surface area contributed by atoms with Crippen molar-refractivity contribution >= 4 is 15.7 Å². The molecule has 0 unspecified atom stereocenters. The van der Waals surface area contributed by atoms with Gasteiger partial charge in [0.2, 0.25) is 10.0 Å². The van der Waals surface area contributed by atoms with Crippen LogP contribution in [0.1, 0.15) is 11.3 Å². The number of nitrogen functional groups attached to an aromatic ring is 1. The van der Waals surface area contributed by atoms with E-state index in [2.05, 4.69) is 14.9 Å². The van der Waals surface area contributed by atoms with Gasteiger partial charge in [0.1, 0.15) is 4.90 Å². The zero-order valence-electron chi connectivity index (χ0n) is 9.84. The minimum atomic E-state index is -3.54. The zero-order chi connectivity index (χ0) is 13.2. The van der Waals surface area contributed by atoms with Gasteiger partial charge < -0.3 is 5.73 Å². The Hall–Kier alpha value is -1.86. The largest absolute Gasteiger partial charge is 0.399 e. The fourth-order valence-corrected chi connectivity index (χ4v) is 2.72. The minimum absolute atomic E-state index is 0.159. The number of hydrogen-bond donors (Lipinski definition) is 3. The average molecular weight is 266 g/mol. The molecule has 0 saturated carbocycles. The number of nitrogens with two attached hydrogens (primary N) is 1. The highest BCUT2D eigenvalue weighted by Gasteiger charge is 2.17. The first kappa shape index (κ1) is 12.6. The summed E-state index contributed by atoms with van der Waals surface area (Å²) in [4.78, 5) is 0.159. The van der Waals surface area contributed by atoms with E-state index in [1.54, 1.807) is 31.2 Å². The van der Waals surface area contributed by atoms with Crippen molar-refractivity contribution in [2.45, 2.75) is 18.4 Å². The van der Waals surface area contributed by atoms with E-state index in [-0.39, 0.29) is 11.4 Å². The molecule has 0 spiro atoms. The van der Waals surface area contributed by atoms with Crippen molar-refractivity contribution in [1.82, 2.24) is 14.9 Å². The summed E-state index contributed by atoms with van der Waals surface area (Å²) in [5.41, 5.74) is 7.54. The van der Waals surface area contributed by atoms with Gasteiger partial charge in [-0.25, -0.2) is 13.1 Å². The summed E-state index contributed by atoms with van der Waals surface area (Å²) in [5.74, 6) is 0. The Kier molecular flexibility index (Phi) is 3.35. The molecule has 0 radical (unpaired) electrons. The molecule has 6 nitrogen and oxygen atoms in total. The molecule has 4 N–H and O–H groups in total. The van der Waals surface area contributed by atoms with Gasteiger partial charge in [0.05, 0.1) is 11.9 Å². The molecule has 0 atom stereocenters. The number of H-pyrrole nitrogens is 1. The Morgan fingerprint density at radius 2 is 2.22 bits per heavy atom. The molecule has 0 fully saturated rings. The van der Waals surface area contributed by atoms with Crippen molar-refractivity contribution in [3.05, 3.63) is 41.7 Å². The van der Waals surface area contributed by atoms with Crippen LogP contribution < -0.4 is 10.5 Å². The van der Waals surface area contributed by atoms with Crippen molar-refractivity contribution in [2.75, 3.05) is 5.73 Å². The van der Waals surface area contributed by atoms with E-state index in [0.717, 1.165) is 5.56 Å². The number of nitrogens with one attached hydrogen (secondary N) is 2. The van der Waals surface area contributed by atoms with Gasteiger partial charge in [0, 0.05) is 12.2 Å². The first-order valence-electron chi connectivity index (χ1n) is 5.33. The summed E-state index contributed by atoms with van der Waals surface area (Å²) >= 11 is 0. The molecule has 0 amide bonds. The number of benzene rings is 1. The van der Waals surface area contributed by atoms with Crippen molar-refractivity contribution < 1.29 is 8.42 Å². The van der Waals surface area contributed by atoms with Crippen molar-refractivity contribution in [3.63, 3.8) is 0 Å². The molecule has 0 aliphatic rings. The van der Waals surface area contributed by atoms with Gasteiger partial charge in [-0.3, -0.25) is 5.10 Å². The third-order valence-electron chi connectivity index (χ3n) is 2.49. The highest BCUT2D eigenvalue weighted by atomic mass is 32.2. The van der Waals surface area contributed by atoms with Crippen LogP contribution in [0.3, 0.4) is 0 Å². The first-order chi connectivity index (χ1) is 8.49. The fourth-order valence-electron chi connectivity index (χ4n) is 1.57. The van der Waals surface area contributed by atoms with Crippen LogP contribution in [0.4, 0.5) is 5.69 Å². The summed E-state index contributed by atoms with van der Waals surface area (Å²) in [6, 6.07) is 7.06. The number of anilines is 1. The lowest BCUT2D eigenvalue weighted by molar-refractivity contribution is 0.581. The highest BCUT2D eigenvalue weighted by Crippen LogP contribution is 2.12. The summed E-state index contributed by atoms with van der Waals surface area (Å²) in [7, 11) is -3.54. The Morgan fingerprint density at radius 1 is 1.44 bits per heavy atom. The highest BCUT2D eigenvalue weighted by molar-refractivity contribution is 7.89. The SMILES string of the molecule is Cc1[nH]ncc1S(=O)(=O)NCc1cccc(N)c1. The number of rotatable bonds is 4. The molecule has 7 heteroatoms. The van der Waals surface area contributed by atoms with Crippen LogP contribution in [-0.2, 0) is 16.6 Å². The smallest absolute Gasteiger partial charge is 0.244 e. The van der Waals surface area contributed by atoms with Gasteiger partial charge in [-0.2, -0.15) is 5.10 Å². The van der Waals surface area contributed by atoms with Crippen molar-refractivity contribution in [1.29, 1.82) is 0 Å². The first-order valence-corrected chi connectivity index (χ1v) is 6.81. The van der Waals surface area contributed by atoms with Crippen LogP contribution in [0.2, 0.25) is 0 Å². The van der Waals surface area contributed by atoms with Gasteiger partial charge in [-0.05, 0) is 24.6 Å². The average Bonchev–Trinajstić information content (AvgIpc) is 2.74. The molecule has 0 aliphatic heterocycles. The van der Waals surface area contributed by atoms with Crippen molar-refractivity contribution in [3.8, 4) is 0 Å². The lowest BCUT2D eigenvalue weighted by atomic mass is 10.2. The summed E-state index contributed by atoms with van der Waals surface area (Å²) in [6.45, 7) is 1.85. The molecule has 18 heavy (non-hydrogen) atoms. The van der Waals surface area contributed by atoms with Gasteiger partial charge in [0.15, 0.2) is 0 Å². The van der Waals surface area contributed by atoms with E-state index in [0.29, 0.717) is 11.4 Å². The van der Waals surface area contributed by atoms with Crippen LogP contribution in [0, 0.1) is 6.92 Å². The molecular weight excluding hydrogens is 252 g/mol. The fraction of sp³-hybridized carbons (Fsp3) is 0.182. The number of sulfonamides is 1. The van der Waals surface area contributed by atoms with Crippen LogP contribution in [0.15, 0.2) is 35.4 Å². The number of aromatic nitrogens is 2. The Balaban J connectivity index is 2.13. The van der Waals surface area contributed by atoms with E-state index in [9.17, 15) is 8.42 Å². The molecular formula is C11H14N4O2S. The second-order valence-corrected chi connectivity index (χ2v) is 5.66. The summed E-state index contributed by atoms with van der Waals surface area (Å²) < 4.78 is 26.4. The van der Waals surface area contributed by atoms with E-state index in [1.165, 1.54) is 6.20 Å². The quantitative estimate of drug-likeness (QED) is 0.712. The maximum atomic E-state index is 12.0. The molecule has 1 aromatic carbocycles. The predicted octanol–water partition coefficient (Wildman–Crippen LogP) is 0.779. The topological polar surface area (TPSA) is 101 Å². The Labute approximate surface area is 105 Å². The van der Waals surface area contributed by atoms with Crippen LogP contribution in [-0.4, -0.2) is 18.6 Å². The van der Waals surface area contributed by atoms with Gasteiger partial charge in [-0.15, -0.1) is 0 Å². The minimum Gasteiger partial charge on any atom is -0.399 e. The Morgan fingerprint density at radius 3 is 2.83 bits per heavy atom. The molecule has 1 heterocycles. The zero-order valence-corrected chi connectivity index (χ0v) is 10.7. The second kappa shape index (κ2) is 4.79. The lowest BCUT2D eigenvalue weighted by Crippen LogP contribution is -2.23. The van der Waals surface area contributed by atoms with Gasteiger partial charge >= 0.3 is 0 Å². The lowest BCUT2D eigenvalue weighted by Gasteiger charge is -2.06. The number of nitrogens with zero attached hydrogens (tertiary/aromatic N) is 1. The second-order valence-electron chi connectivity index (χ2n) is 3.93.